The average molecular weight is 304 g/mol. The van der Waals surface area contributed by atoms with Gasteiger partial charge in [0.15, 0.2) is 11.5 Å². The summed E-state index contributed by atoms with van der Waals surface area (Å²) in [7, 11) is 3.24. The maximum Gasteiger partial charge on any atom is 0.168 e. The summed E-state index contributed by atoms with van der Waals surface area (Å²) >= 11 is 6.25. The summed E-state index contributed by atoms with van der Waals surface area (Å²) in [5.41, 5.74) is 2.87. The van der Waals surface area contributed by atoms with Crippen LogP contribution in [0.25, 0.3) is 11.1 Å². The van der Waals surface area contributed by atoms with Gasteiger partial charge in [0.25, 0.3) is 0 Å². The number of halogens is 1. The van der Waals surface area contributed by atoms with Crippen molar-refractivity contribution in [3.05, 3.63) is 47.8 Å². The molecule has 0 spiro atoms. The van der Waals surface area contributed by atoms with E-state index in [0.29, 0.717) is 16.5 Å². The second-order valence-corrected chi connectivity index (χ2v) is 5.36. The van der Waals surface area contributed by atoms with Gasteiger partial charge in [0, 0.05) is 22.6 Å². The van der Waals surface area contributed by atoms with E-state index in [2.05, 4.69) is 6.92 Å². The van der Waals surface area contributed by atoms with E-state index < -0.39 is 0 Å². The van der Waals surface area contributed by atoms with E-state index in [9.17, 15) is 0 Å². The van der Waals surface area contributed by atoms with Crippen LogP contribution >= 0.6 is 11.6 Å². The predicted octanol–water partition coefficient (Wildman–Crippen LogP) is 4.16. The summed E-state index contributed by atoms with van der Waals surface area (Å²) in [5.74, 6) is 2.17. The molecule has 1 aliphatic rings. The third-order valence-corrected chi connectivity index (χ3v) is 3.77. The van der Waals surface area contributed by atoms with Gasteiger partial charge in [-0.15, -0.1) is 0 Å². The highest BCUT2D eigenvalue weighted by Crippen LogP contribution is 2.46. The average Bonchev–Trinajstić information content (AvgIpc) is 2.85. The van der Waals surface area contributed by atoms with E-state index in [1.807, 2.05) is 30.3 Å². The Morgan fingerprint density at radius 1 is 1.19 bits per heavy atom. The van der Waals surface area contributed by atoms with Crippen LogP contribution in [0, 0.1) is 6.92 Å². The number of para-hydroxylation sites is 1. The van der Waals surface area contributed by atoms with Crippen molar-refractivity contribution in [3.63, 3.8) is 0 Å². The third-order valence-electron chi connectivity index (χ3n) is 3.56. The molecule has 4 heteroatoms. The normalized spacial score (nSPS) is 16.3. The fourth-order valence-corrected chi connectivity index (χ4v) is 2.93. The molecule has 21 heavy (non-hydrogen) atoms. The molecule has 0 fully saturated rings. The molecule has 0 N–H and O–H groups in total. The summed E-state index contributed by atoms with van der Waals surface area (Å²) in [5, 5.41) is 0.673. The lowest BCUT2D eigenvalue weighted by atomic mass is 9.99. The molecule has 0 saturated heterocycles. The van der Waals surface area contributed by atoms with Crippen molar-refractivity contribution in [2.24, 2.45) is 0 Å². The van der Waals surface area contributed by atoms with Gasteiger partial charge in [-0.1, -0.05) is 23.7 Å². The molecule has 0 amide bonds. The first-order valence-corrected chi connectivity index (χ1v) is 7.05. The van der Waals surface area contributed by atoms with Crippen molar-refractivity contribution in [1.82, 2.24) is 0 Å². The lowest BCUT2D eigenvalue weighted by molar-refractivity contribution is 0.282. The first-order chi connectivity index (χ1) is 10.1. The Kier molecular flexibility index (Phi) is 3.68. The van der Waals surface area contributed by atoms with Crippen molar-refractivity contribution < 1.29 is 14.2 Å². The summed E-state index contributed by atoms with van der Waals surface area (Å²) in [6.45, 7) is 3.97. The monoisotopic (exact) mass is 303 g/mol. The maximum atomic E-state index is 6.25. The number of ether oxygens (including phenoxy) is 3. The van der Waals surface area contributed by atoms with Gasteiger partial charge in [-0.25, -0.2) is 0 Å². The summed E-state index contributed by atoms with van der Waals surface area (Å²) in [6, 6.07) is 9.56. The van der Waals surface area contributed by atoms with E-state index >= 15 is 0 Å². The van der Waals surface area contributed by atoms with Crippen LogP contribution < -0.4 is 14.2 Å². The first-order valence-electron chi connectivity index (χ1n) is 6.67. The molecule has 1 aliphatic heterocycles. The highest BCUT2D eigenvalue weighted by atomic mass is 35.5. The van der Waals surface area contributed by atoms with Gasteiger partial charge in [0.1, 0.15) is 11.9 Å². The van der Waals surface area contributed by atoms with Crippen molar-refractivity contribution >= 4 is 11.6 Å². The first kappa shape index (κ1) is 14.1. The zero-order valence-corrected chi connectivity index (χ0v) is 12.7. The lowest BCUT2D eigenvalue weighted by Gasteiger charge is -2.15. The van der Waals surface area contributed by atoms with Crippen LogP contribution in [0.1, 0.15) is 5.56 Å². The number of rotatable bonds is 3. The van der Waals surface area contributed by atoms with Gasteiger partial charge in [-0.3, -0.25) is 0 Å². The quantitative estimate of drug-likeness (QED) is 0.852. The molecule has 3 rings (SSSR count). The Hall–Kier alpha value is -1.87. The third kappa shape index (κ3) is 2.42. The fraction of sp³-hybridized carbons (Fsp3) is 0.235. The van der Waals surface area contributed by atoms with E-state index in [1.165, 1.54) is 0 Å². The van der Waals surface area contributed by atoms with Gasteiger partial charge < -0.3 is 14.2 Å². The minimum atomic E-state index is -0.0891. The second kappa shape index (κ2) is 5.49. The molecule has 3 nitrogen and oxygen atoms in total. The molecule has 1 atom stereocenters. The van der Waals surface area contributed by atoms with Crippen LogP contribution in [-0.4, -0.2) is 20.3 Å². The molecule has 0 bridgehead atoms. The number of benzene rings is 2. The van der Waals surface area contributed by atoms with E-state index in [4.69, 9.17) is 25.8 Å². The van der Waals surface area contributed by atoms with Crippen molar-refractivity contribution in [1.29, 1.82) is 0 Å². The molecule has 1 unspecified atom stereocenters. The van der Waals surface area contributed by atoms with E-state index in [0.717, 1.165) is 28.9 Å². The molecule has 109 valence electrons. The SMILES string of the molecule is [CH2]C1Cc2cc(Cl)cc(-c3cccc(OC)c3OC)c2O1. The number of hydrogen-bond acceptors (Lipinski definition) is 3. The van der Waals surface area contributed by atoms with Gasteiger partial charge in [-0.05, 0) is 30.7 Å². The van der Waals surface area contributed by atoms with Crippen molar-refractivity contribution in [3.8, 4) is 28.4 Å². The van der Waals surface area contributed by atoms with Crippen LogP contribution in [0.15, 0.2) is 30.3 Å². The van der Waals surface area contributed by atoms with Crippen LogP contribution in [0.2, 0.25) is 5.02 Å². The van der Waals surface area contributed by atoms with Crippen LogP contribution in [0.5, 0.6) is 17.2 Å². The molecule has 0 aliphatic carbocycles. The zero-order valence-electron chi connectivity index (χ0n) is 12.0. The number of hydrogen-bond donors (Lipinski definition) is 0. The minimum absolute atomic E-state index is 0.0891. The van der Waals surface area contributed by atoms with Gasteiger partial charge >= 0.3 is 0 Å². The Morgan fingerprint density at radius 3 is 2.71 bits per heavy atom. The smallest absolute Gasteiger partial charge is 0.168 e. The largest absolute Gasteiger partial charge is 0.493 e. The summed E-state index contributed by atoms with van der Waals surface area (Å²) in [6.07, 6.45) is 0.670. The molecule has 1 radical (unpaired) electrons. The molecular weight excluding hydrogens is 288 g/mol. The molecule has 2 aromatic rings. The lowest BCUT2D eigenvalue weighted by Crippen LogP contribution is -2.06. The Labute approximate surface area is 129 Å². The van der Waals surface area contributed by atoms with Crippen LogP contribution in [0.4, 0.5) is 0 Å². The molecule has 1 heterocycles. The van der Waals surface area contributed by atoms with Gasteiger partial charge in [0.05, 0.1) is 14.2 Å². The van der Waals surface area contributed by atoms with Crippen molar-refractivity contribution in [2.75, 3.05) is 14.2 Å². The fourth-order valence-electron chi connectivity index (χ4n) is 2.69. The van der Waals surface area contributed by atoms with Crippen LogP contribution in [-0.2, 0) is 6.42 Å². The highest BCUT2D eigenvalue weighted by molar-refractivity contribution is 6.31. The second-order valence-electron chi connectivity index (χ2n) is 4.93. The summed E-state index contributed by atoms with van der Waals surface area (Å²) < 4.78 is 16.7. The topological polar surface area (TPSA) is 27.7 Å². The Balaban J connectivity index is 2.23. The Bertz CT molecular complexity index is 682. The standard InChI is InChI=1S/C17H16ClO3/c1-10-7-11-8-12(18)9-14(16(11)21-10)13-5-4-6-15(19-2)17(13)20-3/h4-6,8-10H,1,7H2,2-3H3. The maximum absolute atomic E-state index is 6.25. The van der Waals surface area contributed by atoms with E-state index in [-0.39, 0.29) is 6.10 Å². The summed E-state index contributed by atoms with van der Waals surface area (Å²) in [4.78, 5) is 0. The van der Waals surface area contributed by atoms with Gasteiger partial charge in [0.2, 0.25) is 0 Å². The van der Waals surface area contributed by atoms with E-state index in [1.54, 1.807) is 14.2 Å². The molecular formula is C17H16ClO3. The molecule has 0 saturated carbocycles. The van der Waals surface area contributed by atoms with Gasteiger partial charge in [-0.2, -0.15) is 0 Å². The minimum Gasteiger partial charge on any atom is -0.493 e. The van der Waals surface area contributed by atoms with Crippen molar-refractivity contribution in [2.45, 2.75) is 12.5 Å². The predicted molar refractivity (Wildman–Crippen MR) is 83.5 cm³/mol. The number of fused-ring (bicyclic) bond motifs is 1. The van der Waals surface area contributed by atoms with Crippen LogP contribution in [0.3, 0.4) is 0 Å². The number of methoxy groups -OCH3 is 2. The highest BCUT2D eigenvalue weighted by Gasteiger charge is 2.25. The Morgan fingerprint density at radius 2 is 2.00 bits per heavy atom. The molecule has 2 aromatic carbocycles. The molecule has 0 aromatic heterocycles. The zero-order chi connectivity index (χ0) is 15.0.